The molecule has 1 N–H and O–H groups in total. The van der Waals surface area contributed by atoms with Crippen molar-refractivity contribution in [2.24, 2.45) is 0 Å². The highest BCUT2D eigenvalue weighted by molar-refractivity contribution is 7.12. The quantitative estimate of drug-likeness (QED) is 0.784. The maximum Gasteiger partial charge on any atom is 0.263 e. The second kappa shape index (κ2) is 4.99. The average Bonchev–Trinajstić information content (AvgIpc) is 2.65. The van der Waals surface area contributed by atoms with Crippen LogP contribution in [0, 0.1) is 0 Å². The Morgan fingerprint density at radius 3 is 3.00 bits per heavy atom. The highest BCUT2D eigenvalue weighted by Crippen LogP contribution is 2.10. The Labute approximate surface area is 82.4 Å². The lowest BCUT2D eigenvalue weighted by Gasteiger charge is -2.15. The third-order valence-electron chi connectivity index (χ3n) is 1.78. The predicted molar refractivity (Wildman–Crippen MR) is 55.2 cm³/mol. The lowest BCUT2D eigenvalue weighted by molar-refractivity contribution is 0.0801. The van der Waals surface area contributed by atoms with Gasteiger partial charge in [-0.1, -0.05) is 6.07 Å². The van der Waals surface area contributed by atoms with Crippen molar-refractivity contribution in [3.63, 3.8) is 0 Å². The second-order valence-electron chi connectivity index (χ2n) is 2.81. The molecule has 1 heterocycles. The van der Waals surface area contributed by atoms with Crippen molar-refractivity contribution >= 4 is 17.2 Å². The summed E-state index contributed by atoms with van der Waals surface area (Å²) < 4.78 is 0. The lowest BCUT2D eigenvalue weighted by Crippen LogP contribution is -2.32. The predicted octanol–water partition coefficient (Wildman–Crippen LogP) is 1.04. The molecule has 1 rings (SSSR count). The molecule has 0 bridgehead atoms. The third-order valence-corrected chi connectivity index (χ3v) is 2.63. The summed E-state index contributed by atoms with van der Waals surface area (Å²) in [5, 5.41) is 4.92. The molecule has 72 valence electrons. The first-order valence-electron chi connectivity index (χ1n) is 4.19. The van der Waals surface area contributed by atoms with Crippen LogP contribution in [-0.2, 0) is 0 Å². The van der Waals surface area contributed by atoms with Crippen LogP contribution in [0.5, 0.6) is 0 Å². The topological polar surface area (TPSA) is 32.3 Å². The maximum atomic E-state index is 11.6. The van der Waals surface area contributed by atoms with E-state index in [1.54, 1.807) is 4.90 Å². The zero-order chi connectivity index (χ0) is 9.68. The van der Waals surface area contributed by atoms with Crippen molar-refractivity contribution in [2.75, 3.05) is 27.2 Å². The zero-order valence-corrected chi connectivity index (χ0v) is 8.73. The van der Waals surface area contributed by atoms with Crippen LogP contribution in [0.3, 0.4) is 0 Å². The molecule has 0 spiro atoms. The van der Waals surface area contributed by atoms with Gasteiger partial charge in [0, 0.05) is 20.1 Å². The van der Waals surface area contributed by atoms with Gasteiger partial charge < -0.3 is 10.2 Å². The average molecular weight is 198 g/mol. The Morgan fingerprint density at radius 2 is 2.46 bits per heavy atom. The van der Waals surface area contributed by atoms with Crippen molar-refractivity contribution in [1.82, 2.24) is 10.2 Å². The number of likely N-dealkylation sites (N-methyl/N-ethyl adjacent to an activating group) is 2. The SMILES string of the molecule is CNCCN(C)C(=O)c1cccs1. The van der Waals surface area contributed by atoms with Crippen molar-refractivity contribution in [3.8, 4) is 0 Å². The molecule has 0 atom stereocenters. The largest absolute Gasteiger partial charge is 0.340 e. The van der Waals surface area contributed by atoms with E-state index >= 15 is 0 Å². The van der Waals surface area contributed by atoms with Crippen LogP contribution in [0.2, 0.25) is 0 Å². The summed E-state index contributed by atoms with van der Waals surface area (Å²) in [5.41, 5.74) is 0. The van der Waals surface area contributed by atoms with Gasteiger partial charge in [-0.2, -0.15) is 0 Å². The summed E-state index contributed by atoms with van der Waals surface area (Å²) >= 11 is 1.48. The molecule has 0 aliphatic heterocycles. The minimum Gasteiger partial charge on any atom is -0.340 e. The Balaban J connectivity index is 2.48. The van der Waals surface area contributed by atoms with Crippen LogP contribution in [0.4, 0.5) is 0 Å². The smallest absolute Gasteiger partial charge is 0.263 e. The summed E-state index contributed by atoms with van der Waals surface area (Å²) in [6, 6.07) is 3.74. The van der Waals surface area contributed by atoms with Gasteiger partial charge in [-0.05, 0) is 18.5 Å². The van der Waals surface area contributed by atoms with Gasteiger partial charge >= 0.3 is 0 Å². The Hall–Kier alpha value is -0.870. The van der Waals surface area contributed by atoms with Crippen LogP contribution in [0.25, 0.3) is 0 Å². The number of carbonyl (C=O) groups excluding carboxylic acids is 1. The molecule has 1 aromatic heterocycles. The molecule has 0 unspecified atom stereocenters. The van der Waals surface area contributed by atoms with Gasteiger partial charge in [0.2, 0.25) is 0 Å². The molecule has 4 heteroatoms. The normalized spacial score (nSPS) is 10.0. The van der Waals surface area contributed by atoms with E-state index in [1.807, 2.05) is 31.6 Å². The summed E-state index contributed by atoms with van der Waals surface area (Å²) in [6.07, 6.45) is 0. The maximum absolute atomic E-state index is 11.6. The molecule has 1 amide bonds. The highest BCUT2D eigenvalue weighted by Gasteiger charge is 2.10. The van der Waals surface area contributed by atoms with Gasteiger partial charge in [0.05, 0.1) is 4.88 Å². The Bertz CT molecular complexity index is 259. The standard InChI is InChI=1S/C9H14N2OS/c1-10-5-6-11(2)9(12)8-4-3-7-13-8/h3-4,7,10H,5-6H2,1-2H3. The van der Waals surface area contributed by atoms with Crippen LogP contribution >= 0.6 is 11.3 Å². The van der Waals surface area contributed by atoms with E-state index in [1.165, 1.54) is 11.3 Å². The minimum absolute atomic E-state index is 0.102. The van der Waals surface area contributed by atoms with Crippen LogP contribution in [0.15, 0.2) is 17.5 Å². The fourth-order valence-corrected chi connectivity index (χ4v) is 1.69. The van der Waals surface area contributed by atoms with Gasteiger partial charge in [-0.3, -0.25) is 4.79 Å². The molecular formula is C9H14N2OS. The summed E-state index contributed by atoms with van der Waals surface area (Å²) in [6.45, 7) is 1.57. The number of nitrogens with one attached hydrogen (secondary N) is 1. The van der Waals surface area contributed by atoms with Crippen molar-refractivity contribution < 1.29 is 4.79 Å². The Kier molecular flexibility index (Phi) is 3.92. The minimum atomic E-state index is 0.102. The molecule has 13 heavy (non-hydrogen) atoms. The molecule has 0 radical (unpaired) electrons. The first-order valence-corrected chi connectivity index (χ1v) is 5.07. The van der Waals surface area contributed by atoms with Gasteiger partial charge in [0.25, 0.3) is 5.91 Å². The molecule has 0 saturated heterocycles. The van der Waals surface area contributed by atoms with Gasteiger partial charge in [-0.25, -0.2) is 0 Å². The lowest BCUT2D eigenvalue weighted by atomic mass is 10.4. The highest BCUT2D eigenvalue weighted by atomic mass is 32.1. The number of hydrogen-bond acceptors (Lipinski definition) is 3. The molecule has 0 saturated carbocycles. The van der Waals surface area contributed by atoms with Crippen molar-refractivity contribution in [2.45, 2.75) is 0 Å². The van der Waals surface area contributed by atoms with Crippen molar-refractivity contribution in [1.29, 1.82) is 0 Å². The van der Waals surface area contributed by atoms with Crippen LogP contribution in [-0.4, -0.2) is 38.0 Å². The monoisotopic (exact) mass is 198 g/mol. The number of nitrogens with zero attached hydrogens (tertiary/aromatic N) is 1. The van der Waals surface area contributed by atoms with E-state index < -0.39 is 0 Å². The van der Waals surface area contributed by atoms with Gasteiger partial charge in [-0.15, -0.1) is 11.3 Å². The molecule has 0 aliphatic rings. The summed E-state index contributed by atoms with van der Waals surface area (Å²) in [4.78, 5) is 14.1. The van der Waals surface area contributed by atoms with E-state index in [4.69, 9.17) is 0 Å². The number of amides is 1. The molecular weight excluding hydrogens is 184 g/mol. The van der Waals surface area contributed by atoms with E-state index in [0.717, 1.165) is 18.0 Å². The number of carbonyl (C=O) groups is 1. The van der Waals surface area contributed by atoms with Crippen molar-refractivity contribution in [3.05, 3.63) is 22.4 Å². The van der Waals surface area contributed by atoms with E-state index in [2.05, 4.69) is 5.32 Å². The molecule has 0 fully saturated rings. The summed E-state index contributed by atoms with van der Waals surface area (Å²) in [7, 11) is 3.70. The Morgan fingerprint density at radius 1 is 1.69 bits per heavy atom. The third kappa shape index (κ3) is 2.82. The fraction of sp³-hybridized carbons (Fsp3) is 0.444. The molecule has 3 nitrogen and oxygen atoms in total. The van der Waals surface area contributed by atoms with E-state index in [-0.39, 0.29) is 5.91 Å². The second-order valence-corrected chi connectivity index (χ2v) is 3.76. The van der Waals surface area contributed by atoms with Gasteiger partial charge in [0.15, 0.2) is 0 Å². The summed E-state index contributed by atoms with van der Waals surface area (Å²) in [5.74, 6) is 0.102. The zero-order valence-electron chi connectivity index (χ0n) is 7.91. The van der Waals surface area contributed by atoms with Gasteiger partial charge in [0.1, 0.15) is 0 Å². The first-order chi connectivity index (χ1) is 6.25. The fourth-order valence-electron chi connectivity index (χ4n) is 0.969. The van der Waals surface area contributed by atoms with E-state index in [9.17, 15) is 4.79 Å². The molecule has 0 aliphatic carbocycles. The van der Waals surface area contributed by atoms with Crippen LogP contribution in [0.1, 0.15) is 9.67 Å². The number of rotatable bonds is 4. The molecule has 1 aromatic rings. The van der Waals surface area contributed by atoms with Crippen LogP contribution < -0.4 is 5.32 Å². The number of hydrogen-bond donors (Lipinski definition) is 1. The van der Waals surface area contributed by atoms with E-state index in [0.29, 0.717) is 0 Å². The molecule has 0 aromatic carbocycles. The first kappa shape index (κ1) is 10.2. The number of thiophene rings is 1.